The van der Waals surface area contributed by atoms with Crippen molar-refractivity contribution in [2.45, 2.75) is 32.8 Å². The van der Waals surface area contributed by atoms with E-state index in [4.69, 9.17) is 4.74 Å². The molecule has 1 unspecified atom stereocenters. The summed E-state index contributed by atoms with van der Waals surface area (Å²) in [6.45, 7) is 3.69. The second kappa shape index (κ2) is 8.18. The van der Waals surface area contributed by atoms with E-state index in [1.807, 2.05) is 13.8 Å². The van der Waals surface area contributed by atoms with Crippen molar-refractivity contribution in [3.8, 4) is 5.75 Å². The Morgan fingerprint density at radius 3 is 2.64 bits per heavy atom. The highest BCUT2D eigenvalue weighted by Crippen LogP contribution is 2.25. The molecule has 1 heterocycles. The molecule has 1 aliphatic heterocycles. The van der Waals surface area contributed by atoms with Crippen LogP contribution in [-0.2, 0) is 14.6 Å². The van der Waals surface area contributed by atoms with E-state index in [1.54, 1.807) is 18.2 Å². The molecule has 1 aromatic rings. The molecule has 2 amide bonds. The van der Waals surface area contributed by atoms with Crippen LogP contribution in [0.3, 0.4) is 0 Å². The normalized spacial score (nSPS) is 18.8. The van der Waals surface area contributed by atoms with Gasteiger partial charge in [-0.15, -0.1) is 0 Å². The molecule has 138 valence electrons. The molecule has 0 saturated carbocycles. The van der Waals surface area contributed by atoms with Crippen LogP contribution in [0.2, 0.25) is 0 Å². The third-order valence-electron chi connectivity index (χ3n) is 3.67. The number of nitrogens with one attached hydrogen (secondary N) is 2. The highest BCUT2D eigenvalue weighted by atomic mass is 79.9. The molecular formula is C16H21BrN2O5S. The standard InChI is InChI=1S/C16H21BrN2O5S/c1-10(2)24-14-8-12(17)3-4-13(14)16(21)19-18-15(20)7-11-5-6-25(22,23)9-11/h3-4,8,10-11H,5-7,9H2,1-2H3,(H,18,20)(H,19,21). The summed E-state index contributed by atoms with van der Waals surface area (Å²) in [5.41, 5.74) is 4.97. The van der Waals surface area contributed by atoms with Gasteiger partial charge in [-0.3, -0.25) is 20.4 Å². The summed E-state index contributed by atoms with van der Waals surface area (Å²) in [5, 5.41) is 0. The first kappa shape index (κ1) is 19.7. The van der Waals surface area contributed by atoms with Crippen molar-refractivity contribution in [1.29, 1.82) is 0 Å². The number of hydrogen-bond donors (Lipinski definition) is 2. The number of sulfone groups is 1. The first-order valence-electron chi connectivity index (χ1n) is 7.92. The number of hydrogen-bond acceptors (Lipinski definition) is 5. The van der Waals surface area contributed by atoms with E-state index in [-0.39, 0.29) is 29.9 Å². The van der Waals surface area contributed by atoms with E-state index in [0.717, 1.165) is 4.47 Å². The maximum atomic E-state index is 12.3. The number of halogens is 1. The van der Waals surface area contributed by atoms with Crippen LogP contribution in [0.15, 0.2) is 22.7 Å². The Morgan fingerprint density at radius 1 is 1.32 bits per heavy atom. The van der Waals surface area contributed by atoms with Gasteiger partial charge in [0.2, 0.25) is 5.91 Å². The van der Waals surface area contributed by atoms with Gasteiger partial charge < -0.3 is 4.74 Å². The van der Waals surface area contributed by atoms with Crippen molar-refractivity contribution in [2.75, 3.05) is 11.5 Å². The minimum atomic E-state index is -3.02. The maximum Gasteiger partial charge on any atom is 0.273 e. The van der Waals surface area contributed by atoms with Gasteiger partial charge in [0.1, 0.15) is 5.75 Å². The molecule has 1 aromatic carbocycles. The maximum absolute atomic E-state index is 12.3. The minimum Gasteiger partial charge on any atom is -0.490 e. The van der Waals surface area contributed by atoms with Crippen molar-refractivity contribution >= 4 is 37.6 Å². The van der Waals surface area contributed by atoms with Crippen LogP contribution in [0.5, 0.6) is 5.75 Å². The summed E-state index contributed by atoms with van der Waals surface area (Å²) < 4.78 is 29.2. The van der Waals surface area contributed by atoms with Crippen LogP contribution in [0.4, 0.5) is 0 Å². The third kappa shape index (κ3) is 6.00. The molecule has 0 bridgehead atoms. The second-order valence-electron chi connectivity index (χ2n) is 6.28. The number of rotatable bonds is 5. The SMILES string of the molecule is CC(C)Oc1cc(Br)ccc1C(=O)NNC(=O)CC1CCS(=O)(=O)C1. The topological polar surface area (TPSA) is 102 Å². The van der Waals surface area contributed by atoms with Gasteiger partial charge in [-0.25, -0.2) is 8.42 Å². The number of carbonyl (C=O) groups excluding carboxylic acids is 2. The van der Waals surface area contributed by atoms with Gasteiger partial charge >= 0.3 is 0 Å². The number of carbonyl (C=O) groups is 2. The lowest BCUT2D eigenvalue weighted by molar-refractivity contribution is -0.122. The molecule has 1 saturated heterocycles. The van der Waals surface area contributed by atoms with Gasteiger partial charge in [-0.1, -0.05) is 15.9 Å². The van der Waals surface area contributed by atoms with Gasteiger partial charge in [0, 0.05) is 10.9 Å². The van der Waals surface area contributed by atoms with Crippen LogP contribution in [0, 0.1) is 5.92 Å². The molecule has 0 spiro atoms. The Hall–Kier alpha value is -1.61. The molecule has 1 atom stereocenters. The van der Waals surface area contributed by atoms with Crippen molar-refractivity contribution in [1.82, 2.24) is 10.9 Å². The summed E-state index contributed by atoms with van der Waals surface area (Å²) >= 11 is 3.33. The monoisotopic (exact) mass is 432 g/mol. The van der Waals surface area contributed by atoms with Gasteiger partial charge in [-0.05, 0) is 44.4 Å². The second-order valence-corrected chi connectivity index (χ2v) is 9.43. The van der Waals surface area contributed by atoms with E-state index < -0.39 is 21.7 Å². The number of benzene rings is 1. The average Bonchev–Trinajstić information content (AvgIpc) is 2.83. The van der Waals surface area contributed by atoms with Crippen molar-refractivity contribution in [3.63, 3.8) is 0 Å². The van der Waals surface area contributed by atoms with Crippen LogP contribution >= 0.6 is 15.9 Å². The fraction of sp³-hybridized carbons (Fsp3) is 0.500. The average molecular weight is 433 g/mol. The Balaban J connectivity index is 1.93. The molecule has 1 fully saturated rings. The number of ether oxygens (including phenoxy) is 1. The fourth-order valence-electron chi connectivity index (χ4n) is 2.58. The molecule has 1 aliphatic rings. The lowest BCUT2D eigenvalue weighted by Gasteiger charge is -2.15. The molecule has 9 heteroatoms. The Kier molecular flexibility index (Phi) is 6.45. The van der Waals surface area contributed by atoms with Crippen LogP contribution in [0.1, 0.15) is 37.0 Å². The first-order valence-corrected chi connectivity index (χ1v) is 10.5. The minimum absolute atomic E-state index is 0.0213. The third-order valence-corrected chi connectivity index (χ3v) is 6.00. The van der Waals surface area contributed by atoms with E-state index >= 15 is 0 Å². The Labute approximate surface area is 155 Å². The highest BCUT2D eigenvalue weighted by molar-refractivity contribution is 9.10. The fourth-order valence-corrected chi connectivity index (χ4v) is 4.78. The summed E-state index contributed by atoms with van der Waals surface area (Å²) in [6, 6.07) is 4.97. The molecular weight excluding hydrogens is 412 g/mol. The molecule has 0 radical (unpaired) electrons. The zero-order chi connectivity index (χ0) is 18.6. The van der Waals surface area contributed by atoms with Crippen LogP contribution in [-0.4, -0.2) is 37.8 Å². The quantitative estimate of drug-likeness (QED) is 0.690. The van der Waals surface area contributed by atoms with E-state index in [9.17, 15) is 18.0 Å². The summed E-state index contributed by atoms with van der Waals surface area (Å²) in [7, 11) is -3.02. The van der Waals surface area contributed by atoms with Gasteiger partial charge in [0.15, 0.2) is 9.84 Å². The molecule has 7 nitrogen and oxygen atoms in total. The van der Waals surface area contributed by atoms with Gasteiger partial charge in [0.25, 0.3) is 5.91 Å². The lowest BCUT2D eigenvalue weighted by Crippen LogP contribution is -2.42. The van der Waals surface area contributed by atoms with Crippen molar-refractivity contribution in [3.05, 3.63) is 28.2 Å². The summed E-state index contributed by atoms with van der Waals surface area (Å²) in [4.78, 5) is 24.2. The smallest absolute Gasteiger partial charge is 0.273 e. The van der Waals surface area contributed by atoms with Gasteiger partial charge in [-0.2, -0.15) is 0 Å². The summed E-state index contributed by atoms with van der Waals surface area (Å²) in [6.07, 6.45) is 0.428. The predicted octanol–water partition coefficient (Wildman–Crippen LogP) is 1.82. The molecule has 2 N–H and O–H groups in total. The number of hydrazine groups is 1. The number of amides is 2. The zero-order valence-electron chi connectivity index (χ0n) is 14.0. The van der Waals surface area contributed by atoms with Crippen LogP contribution in [0.25, 0.3) is 0 Å². The molecule has 0 aromatic heterocycles. The Morgan fingerprint density at radius 2 is 2.04 bits per heavy atom. The zero-order valence-corrected chi connectivity index (χ0v) is 16.4. The van der Waals surface area contributed by atoms with Gasteiger partial charge in [0.05, 0.1) is 23.2 Å². The first-order chi connectivity index (χ1) is 11.7. The molecule has 2 rings (SSSR count). The lowest BCUT2D eigenvalue weighted by atomic mass is 10.1. The summed E-state index contributed by atoms with van der Waals surface area (Å²) in [5.74, 6) is -0.582. The van der Waals surface area contributed by atoms with E-state index in [1.165, 1.54) is 0 Å². The van der Waals surface area contributed by atoms with E-state index in [0.29, 0.717) is 17.7 Å². The highest BCUT2D eigenvalue weighted by Gasteiger charge is 2.29. The van der Waals surface area contributed by atoms with E-state index in [2.05, 4.69) is 26.8 Å². The largest absolute Gasteiger partial charge is 0.490 e. The molecule has 0 aliphatic carbocycles. The van der Waals surface area contributed by atoms with Crippen molar-refractivity contribution in [2.24, 2.45) is 5.92 Å². The predicted molar refractivity (Wildman–Crippen MR) is 96.9 cm³/mol. The Bertz CT molecular complexity index is 764. The van der Waals surface area contributed by atoms with Crippen molar-refractivity contribution < 1.29 is 22.7 Å². The molecule has 25 heavy (non-hydrogen) atoms. The van der Waals surface area contributed by atoms with Crippen LogP contribution < -0.4 is 15.6 Å².